The standard InChI is InChI=1S/C29H27F3N2O6S/c1-38-20-6-9-23(10-7-20)41(36,37)26-18-33-25-11-8-22(40-29(30,31)32)17-24(25)27(26)34-14-12-28(35,13-15-34)19-4-3-5-21(16-19)39-2/h3-11,16-18,35H,12-15H2,1-2H3. The molecule has 1 saturated heterocycles. The van der Waals surface area contributed by atoms with Crippen LogP contribution in [0.25, 0.3) is 10.9 Å². The highest BCUT2D eigenvalue weighted by Gasteiger charge is 2.37. The SMILES string of the molecule is COc1ccc(S(=O)(=O)c2cnc3ccc(OC(F)(F)F)cc3c2N2CCC(O)(c3cccc(OC)c3)CC2)cc1. The molecule has 0 radical (unpaired) electrons. The maximum absolute atomic E-state index is 13.9. The van der Waals surface area contributed by atoms with Crippen LogP contribution in [-0.2, 0) is 15.4 Å². The van der Waals surface area contributed by atoms with Crippen molar-refractivity contribution >= 4 is 26.4 Å². The van der Waals surface area contributed by atoms with Gasteiger partial charge in [-0.05, 0) is 73.0 Å². The Labute approximate surface area is 234 Å². The fourth-order valence-corrected chi connectivity index (χ4v) is 6.48. The number of aliphatic hydroxyl groups is 1. The summed E-state index contributed by atoms with van der Waals surface area (Å²) in [5, 5.41) is 11.7. The van der Waals surface area contributed by atoms with E-state index >= 15 is 0 Å². The number of halogens is 3. The molecule has 2 heterocycles. The smallest absolute Gasteiger partial charge is 0.497 e. The lowest BCUT2D eigenvalue weighted by Crippen LogP contribution is -2.43. The average Bonchev–Trinajstić information content (AvgIpc) is 2.96. The number of ether oxygens (including phenoxy) is 3. The van der Waals surface area contributed by atoms with Crippen molar-refractivity contribution in [3.05, 3.63) is 78.5 Å². The van der Waals surface area contributed by atoms with Gasteiger partial charge < -0.3 is 24.2 Å². The van der Waals surface area contributed by atoms with Gasteiger partial charge in [-0.2, -0.15) is 0 Å². The van der Waals surface area contributed by atoms with E-state index in [4.69, 9.17) is 9.47 Å². The minimum Gasteiger partial charge on any atom is -0.497 e. The summed E-state index contributed by atoms with van der Waals surface area (Å²) in [6, 6.07) is 16.5. The number of benzene rings is 3. The molecule has 0 atom stereocenters. The highest BCUT2D eigenvalue weighted by Crippen LogP contribution is 2.42. The van der Waals surface area contributed by atoms with Crippen molar-refractivity contribution in [2.75, 3.05) is 32.2 Å². The predicted octanol–water partition coefficient (Wildman–Crippen LogP) is 5.47. The first-order valence-corrected chi connectivity index (χ1v) is 14.1. The fraction of sp³-hybridized carbons (Fsp3) is 0.276. The largest absolute Gasteiger partial charge is 0.573 e. The first kappa shape index (κ1) is 28.5. The molecule has 4 aromatic rings. The van der Waals surface area contributed by atoms with E-state index < -0.39 is 27.6 Å². The number of pyridine rings is 1. The molecule has 41 heavy (non-hydrogen) atoms. The summed E-state index contributed by atoms with van der Waals surface area (Å²) in [4.78, 5) is 5.81. The van der Waals surface area contributed by atoms with Crippen molar-refractivity contribution < 1.29 is 40.9 Å². The monoisotopic (exact) mass is 588 g/mol. The molecule has 1 aromatic heterocycles. The third-order valence-electron chi connectivity index (χ3n) is 7.18. The Hall–Kier alpha value is -4.03. The third kappa shape index (κ3) is 5.75. The lowest BCUT2D eigenvalue weighted by molar-refractivity contribution is -0.274. The van der Waals surface area contributed by atoms with Crippen molar-refractivity contribution in [1.82, 2.24) is 4.98 Å². The summed E-state index contributed by atoms with van der Waals surface area (Å²) < 4.78 is 81.5. The van der Waals surface area contributed by atoms with Crippen LogP contribution in [0.3, 0.4) is 0 Å². The number of anilines is 1. The van der Waals surface area contributed by atoms with Gasteiger partial charge in [-0.1, -0.05) is 12.1 Å². The number of rotatable bonds is 7. The molecule has 0 bridgehead atoms. The zero-order valence-electron chi connectivity index (χ0n) is 22.2. The summed E-state index contributed by atoms with van der Waals surface area (Å²) in [5.41, 5.74) is -0.0843. The molecule has 5 rings (SSSR count). The summed E-state index contributed by atoms with van der Waals surface area (Å²) in [6.07, 6.45) is -3.27. The van der Waals surface area contributed by atoms with Crippen molar-refractivity contribution in [1.29, 1.82) is 0 Å². The molecule has 8 nitrogen and oxygen atoms in total. The van der Waals surface area contributed by atoms with Crippen LogP contribution in [0.4, 0.5) is 18.9 Å². The first-order chi connectivity index (χ1) is 19.4. The van der Waals surface area contributed by atoms with Crippen molar-refractivity contribution in [3.63, 3.8) is 0 Å². The normalized spacial score (nSPS) is 15.5. The predicted molar refractivity (Wildman–Crippen MR) is 145 cm³/mol. The number of methoxy groups -OCH3 is 2. The van der Waals surface area contributed by atoms with Gasteiger partial charge in [0.1, 0.15) is 22.1 Å². The van der Waals surface area contributed by atoms with Gasteiger partial charge in [0.2, 0.25) is 9.84 Å². The Morgan fingerprint density at radius 1 is 0.902 bits per heavy atom. The van der Waals surface area contributed by atoms with Crippen LogP contribution in [0.2, 0.25) is 0 Å². The Balaban J connectivity index is 1.61. The van der Waals surface area contributed by atoms with Gasteiger partial charge in [-0.15, -0.1) is 13.2 Å². The average molecular weight is 589 g/mol. The Bertz CT molecular complexity index is 1670. The highest BCUT2D eigenvalue weighted by atomic mass is 32.2. The maximum atomic E-state index is 13.9. The van der Waals surface area contributed by atoms with Gasteiger partial charge in [0, 0.05) is 24.7 Å². The second-order valence-electron chi connectivity index (χ2n) is 9.63. The molecule has 3 aromatic carbocycles. The zero-order valence-corrected chi connectivity index (χ0v) is 23.0. The molecule has 0 aliphatic carbocycles. The fourth-order valence-electron chi connectivity index (χ4n) is 5.04. The van der Waals surface area contributed by atoms with E-state index in [1.165, 1.54) is 50.7 Å². The quantitative estimate of drug-likeness (QED) is 0.304. The van der Waals surface area contributed by atoms with Crippen LogP contribution in [0.5, 0.6) is 17.2 Å². The molecule has 216 valence electrons. The van der Waals surface area contributed by atoms with E-state index in [2.05, 4.69) is 9.72 Å². The van der Waals surface area contributed by atoms with Crippen LogP contribution in [-0.4, -0.2) is 52.2 Å². The van der Waals surface area contributed by atoms with Gasteiger partial charge in [-0.25, -0.2) is 8.42 Å². The third-order valence-corrected chi connectivity index (χ3v) is 8.95. The van der Waals surface area contributed by atoms with Gasteiger partial charge >= 0.3 is 6.36 Å². The Kier molecular flexibility index (Phi) is 7.47. The minimum atomic E-state index is -4.94. The van der Waals surface area contributed by atoms with Crippen LogP contribution < -0.4 is 19.1 Å². The molecule has 0 unspecified atom stereocenters. The van der Waals surface area contributed by atoms with E-state index in [-0.39, 0.29) is 52.3 Å². The molecule has 0 saturated carbocycles. The molecule has 1 aliphatic heterocycles. The lowest BCUT2D eigenvalue weighted by Gasteiger charge is -2.40. The van der Waals surface area contributed by atoms with Crippen LogP contribution in [0, 0.1) is 0 Å². The number of hydrogen-bond acceptors (Lipinski definition) is 8. The first-order valence-electron chi connectivity index (χ1n) is 12.6. The van der Waals surface area contributed by atoms with Crippen molar-refractivity contribution in [2.24, 2.45) is 0 Å². The van der Waals surface area contributed by atoms with Gasteiger partial charge in [0.15, 0.2) is 0 Å². The second-order valence-corrected chi connectivity index (χ2v) is 11.5. The van der Waals surface area contributed by atoms with Crippen LogP contribution in [0.15, 0.2) is 82.7 Å². The van der Waals surface area contributed by atoms with Gasteiger partial charge in [0.25, 0.3) is 0 Å². The number of sulfone groups is 1. The molecule has 12 heteroatoms. The topological polar surface area (TPSA) is 98.2 Å². The molecular weight excluding hydrogens is 561 g/mol. The lowest BCUT2D eigenvalue weighted by atomic mass is 9.84. The van der Waals surface area contributed by atoms with Gasteiger partial charge in [-0.3, -0.25) is 4.98 Å². The van der Waals surface area contributed by atoms with E-state index in [0.29, 0.717) is 17.1 Å². The number of hydrogen-bond donors (Lipinski definition) is 1. The van der Waals surface area contributed by atoms with E-state index in [0.717, 1.165) is 12.1 Å². The van der Waals surface area contributed by atoms with E-state index in [1.807, 2.05) is 0 Å². The summed E-state index contributed by atoms with van der Waals surface area (Å²) >= 11 is 0. The van der Waals surface area contributed by atoms with Crippen LogP contribution in [0.1, 0.15) is 18.4 Å². The molecular formula is C29H27F3N2O6S. The van der Waals surface area contributed by atoms with Crippen molar-refractivity contribution in [3.8, 4) is 17.2 Å². The van der Waals surface area contributed by atoms with Crippen LogP contribution >= 0.6 is 0 Å². The maximum Gasteiger partial charge on any atom is 0.573 e. The number of alkyl halides is 3. The summed E-state index contributed by atoms with van der Waals surface area (Å²) in [6.45, 7) is 0.421. The second kappa shape index (κ2) is 10.7. The zero-order chi connectivity index (χ0) is 29.4. The number of fused-ring (bicyclic) bond motifs is 1. The van der Waals surface area contributed by atoms with E-state index in [1.54, 1.807) is 29.2 Å². The molecule has 1 aliphatic rings. The van der Waals surface area contributed by atoms with E-state index in [9.17, 15) is 26.7 Å². The van der Waals surface area contributed by atoms with Crippen molar-refractivity contribution in [2.45, 2.75) is 34.6 Å². The molecule has 0 amide bonds. The molecule has 0 spiro atoms. The van der Waals surface area contributed by atoms with Gasteiger partial charge in [0.05, 0.1) is 35.9 Å². The number of nitrogens with zero attached hydrogens (tertiary/aromatic N) is 2. The Morgan fingerprint density at radius 3 is 2.20 bits per heavy atom. The highest BCUT2D eigenvalue weighted by molar-refractivity contribution is 7.91. The minimum absolute atomic E-state index is 0.0340. The summed E-state index contributed by atoms with van der Waals surface area (Å²) in [5.74, 6) is 0.545. The molecule has 1 fully saturated rings. The molecule has 1 N–H and O–H groups in total. The number of piperidine rings is 1. The number of aromatic nitrogens is 1. The Morgan fingerprint density at radius 2 is 1.56 bits per heavy atom. The summed E-state index contributed by atoms with van der Waals surface area (Å²) in [7, 11) is -1.19.